The third kappa shape index (κ3) is 4.55. The first-order valence-electron chi connectivity index (χ1n) is 8.14. The molecule has 6 nitrogen and oxygen atoms in total. The molecular formula is C19H20ClN5O. The summed E-state index contributed by atoms with van der Waals surface area (Å²) in [6.07, 6.45) is 4.36. The zero-order valence-corrected chi connectivity index (χ0v) is 15.1. The number of H-pyrrole nitrogens is 1. The lowest BCUT2D eigenvalue weighted by Gasteiger charge is -2.01. The molecule has 0 saturated heterocycles. The number of nitrogens with one attached hydrogen (secondary N) is 2. The molecule has 4 N–H and O–H groups in total. The average molecular weight is 370 g/mol. The van der Waals surface area contributed by atoms with E-state index in [1.165, 1.54) is 0 Å². The van der Waals surface area contributed by atoms with Gasteiger partial charge in [0.25, 0.3) is 0 Å². The second-order valence-electron chi connectivity index (χ2n) is 5.67. The van der Waals surface area contributed by atoms with Gasteiger partial charge in [0, 0.05) is 34.2 Å². The second-order valence-corrected chi connectivity index (χ2v) is 6.11. The smallest absolute Gasteiger partial charge is 0.209 e. The number of hydrogen-bond donors (Lipinski definition) is 3. The highest BCUT2D eigenvalue weighted by molar-refractivity contribution is 6.30. The van der Waals surface area contributed by atoms with E-state index in [1.807, 2.05) is 48.7 Å². The van der Waals surface area contributed by atoms with Crippen LogP contribution in [0.4, 0.5) is 0 Å². The van der Waals surface area contributed by atoms with Crippen molar-refractivity contribution in [2.75, 3.05) is 13.7 Å². The Labute approximate surface area is 156 Å². The summed E-state index contributed by atoms with van der Waals surface area (Å²) in [4.78, 5) is 7.45. The number of aromatic nitrogens is 1. The highest BCUT2D eigenvalue weighted by Gasteiger charge is 2.03. The lowest BCUT2D eigenvalue weighted by Crippen LogP contribution is -2.27. The van der Waals surface area contributed by atoms with Gasteiger partial charge in [0.05, 0.1) is 13.3 Å². The van der Waals surface area contributed by atoms with Crippen LogP contribution in [0.1, 0.15) is 11.1 Å². The predicted molar refractivity (Wildman–Crippen MR) is 107 cm³/mol. The highest BCUT2D eigenvalue weighted by Crippen LogP contribution is 2.22. The van der Waals surface area contributed by atoms with E-state index in [4.69, 9.17) is 22.1 Å². The lowest BCUT2D eigenvalue weighted by atomic mass is 10.1. The van der Waals surface area contributed by atoms with Crippen LogP contribution in [0.2, 0.25) is 5.02 Å². The van der Waals surface area contributed by atoms with E-state index in [-0.39, 0.29) is 5.96 Å². The van der Waals surface area contributed by atoms with Crippen LogP contribution in [0, 0.1) is 0 Å². The minimum Gasteiger partial charge on any atom is -0.497 e. The van der Waals surface area contributed by atoms with Crippen molar-refractivity contribution in [1.29, 1.82) is 0 Å². The van der Waals surface area contributed by atoms with Gasteiger partial charge in [0.1, 0.15) is 5.75 Å². The van der Waals surface area contributed by atoms with E-state index < -0.39 is 0 Å². The Morgan fingerprint density at radius 3 is 2.85 bits per heavy atom. The molecule has 0 aliphatic heterocycles. The molecule has 0 aliphatic rings. The molecule has 3 aromatic rings. The number of nitrogens with zero attached hydrogens (tertiary/aromatic N) is 2. The number of halogens is 1. The van der Waals surface area contributed by atoms with Crippen molar-refractivity contribution in [1.82, 2.24) is 10.4 Å². The molecule has 3 rings (SSSR count). The molecule has 2 aromatic carbocycles. The Balaban J connectivity index is 1.56. The summed E-state index contributed by atoms with van der Waals surface area (Å²) in [6, 6.07) is 13.5. The monoisotopic (exact) mass is 369 g/mol. The van der Waals surface area contributed by atoms with Crippen LogP contribution in [-0.2, 0) is 6.42 Å². The summed E-state index contributed by atoms with van der Waals surface area (Å²) >= 11 is 5.87. The number of rotatable bonds is 6. The maximum absolute atomic E-state index is 5.87. The van der Waals surface area contributed by atoms with Gasteiger partial charge in [-0.3, -0.25) is 4.99 Å². The van der Waals surface area contributed by atoms with Gasteiger partial charge in [-0.15, -0.1) is 0 Å². The van der Waals surface area contributed by atoms with Crippen LogP contribution in [0.15, 0.2) is 58.8 Å². The second kappa shape index (κ2) is 8.40. The number of hydrazone groups is 1. The summed E-state index contributed by atoms with van der Waals surface area (Å²) in [5, 5.41) is 5.89. The Morgan fingerprint density at radius 1 is 1.27 bits per heavy atom. The fourth-order valence-electron chi connectivity index (χ4n) is 2.51. The zero-order chi connectivity index (χ0) is 18.4. The van der Waals surface area contributed by atoms with E-state index >= 15 is 0 Å². The third-order valence-corrected chi connectivity index (χ3v) is 4.15. The average Bonchev–Trinajstić information content (AvgIpc) is 3.05. The van der Waals surface area contributed by atoms with E-state index in [9.17, 15) is 0 Å². The van der Waals surface area contributed by atoms with Gasteiger partial charge in [-0.25, -0.2) is 5.43 Å². The first-order valence-corrected chi connectivity index (χ1v) is 8.52. The minimum atomic E-state index is 0.271. The fraction of sp³-hybridized carbons (Fsp3) is 0.158. The van der Waals surface area contributed by atoms with Gasteiger partial charge in [-0.1, -0.05) is 23.7 Å². The molecule has 0 spiro atoms. The molecule has 0 bridgehead atoms. The molecule has 0 amide bonds. The number of fused-ring (bicyclic) bond motifs is 1. The number of aliphatic imine (C=N–C) groups is 1. The molecule has 0 atom stereocenters. The van der Waals surface area contributed by atoms with Crippen LogP contribution in [0.25, 0.3) is 10.9 Å². The summed E-state index contributed by atoms with van der Waals surface area (Å²) < 4.78 is 5.26. The molecule has 0 aliphatic carbocycles. The Hall–Kier alpha value is -2.99. The quantitative estimate of drug-likeness (QED) is 0.354. The summed E-state index contributed by atoms with van der Waals surface area (Å²) in [5.74, 6) is 1.07. The molecule has 7 heteroatoms. The van der Waals surface area contributed by atoms with Gasteiger partial charge in [-0.2, -0.15) is 5.10 Å². The Bertz CT molecular complexity index is 931. The zero-order valence-electron chi connectivity index (χ0n) is 14.4. The lowest BCUT2D eigenvalue weighted by molar-refractivity contribution is 0.415. The predicted octanol–water partition coefficient (Wildman–Crippen LogP) is 3.31. The molecule has 1 aromatic heterocycles. The largest absolute Gasteiger partial charge is 0.497 e. The molecule has 0 radical (unpaired) electrons. The first-order chi connectivity index (χ1) is 12.7. The van der Waals surface area contributed by atoms with Crippen molar-refractivity contribution in [3.8, 4) is 5.75 Å². The molecule has 134 valence electrons. The Morgan fingerprint density at radius 2 is 2.08 bits per heavy atom. The fourth-order valence-corrected chi connectivity index (χ4v) is 2.64. The van der Waals surface area contributed by atoms with Crippen molar-refractivity contribution < 1.29 is 4.74 Å². The van der Waals surface area contributed by atoms with Crippen molar-refractivity contribution in [2.24, 2.45) is 15.8 Å². The molecule has 26 heavy (non-hydrogen) atoms. The van der Waals surface area contributed by atoms with Crippen LogP contribution in [0.3, 0.4) is 0 Å². The van der Waals surface area contributed by atoms with E-state index in [0.717, 1.165) is 39.2 Å². The van der Waals surface area contributed by atoms with Gasteiger partial charge >= 0.3 is 0 Å². The number of nitrogens with two attached hydrogens (primary N) is 1. The van der Waals surface area contributed by atoms with Crippen LogP contribution in [0.5, 0.6) is 5.75 Å². The molecular weight excluding hydrogens is 350 g/mol. The maximum atomic E-state index is 5.87. The summed E-state index contributed by atoms with van der Waals surface area (Å²) in [6.45, 7) is 0.570. The highest BCUT2D eigenvalue weighted by atomic mass is 35.5. The van der Waals surface area contributed by atoms with Gasteiger partial charge in [0.2, 0.25) is 5.96 Å². The van der Waals surface area contributed by atoms with E-state index in [2.05, 4.69) is 20.5 Å². The van der Waals surface area contributed by atoms with Gasteiger partial charge in [0.15, 0.2) is 0 Å². The first kappa shape index (κ1) is 17.8. The third-order valence-electron chi connectivity index (χ3n) is 3.90. The van der Waals surface area contributed by atoms with E-state index in [0.29, 0.717) is 6.54 Å². The number of benzene rings is 2. The number of ether oxygens (including phenoxy) is 1. The van der Waals surface area contributed by atoms with Crippen molar-refractivity contribution in [3.63, 3.8) is 0 Å². The van der Waals surface area contributed by atoms with Crippen molar-refractivity contribution >= 4 is 34.7 Å². The summed E-state index contributed by atoms with van der Waals surface area (Å²) in [5.41, 5.74) is 11.7. The summed E-state index contributed by atoms with van der Waals surface area (Å²) in [7, 11) is 1.64. The molecule has 0 fully saturated rings. The Kier molecular flexibility index (Phi) is 5.76. The standard InChI is InChI=1S/C19H20ClN5O/c1-26-16-6-7-18-17(10-16)14(11-23-18)12-24-25-19(21)22-9-8-13-2-4-15(20)5-3-13/h2-7,10-12,23H,8-9H2,1H3,(H3,21,22,25)/b24-12+. The molecule has 0 unspecified atom stereocenters. The number of methoxy groups -OCH3 is 1. The topological polar surface area (TPSA) is 87.8 Å². The van der Waals surface area contributed by atoms with Crippen LogP contribution < -0.4 is 15.9 Å². The SMILES string of the molecule is COc1ccc2[nH]cc(/C=N/NC(N)=NCCc3ccc(Cl)cc3)c2c1. The van der Waals surface area contributed by atoms with Crippen molar-refractivity contribution in [2.45, 2.75) is 6.42 Å². The normalized spacial score (nSPS) is 12.0. The van der Waals surface area contributed by atoms with Crippen molar-refractivity contribution in [3.05, 3.63) is 64.8 Å². The number of hydrogen-bond acceptors (Lipinski definition) is 3. The maximum Gasteiger partial charge on any atom is 0.209 e. The van der Waals surface area contributed by atoms with Crippen LogP contribution >= 0.6 is 11.6 Å². The van der Waals surface area contributed by atoms with Crippen LogP contribution in [-0.4, -0.2) is 30.8 Å². The minimum absolute atomic E-state index is 0.271. The molecule has 1 heterocycles. The van der Waals surface area contributed by atoms with E-state index in [1.54, 1.807) is 13.3 Å². The van der Waals surface area contributed by atoms with Gasteiger partial charge in [-0.05, 0) is 42.3 Å². The number of guanidine groups is 1. The van der Waals surface area contributed by atoms with Gasteiger partial charge < -0.3 is 15.5 Å². The number of aromatic amines is 1. The molecule has 0 saturated carbocycles.